The Bertz CT molecular complexity index is 532. The number of alkyl carbamates (subject to hydrolysis) is 1. The molecule has 2 rings (SSSR count). The van der Waals surface area contributed by atoms with Crippen LogP contribution in [0, 0.1) is 0 Å². The molecule has 1 unspecified atom stereocenters. The van der Waals surface area contributed by atoms with Crippen molar-refractivity contribution in [3.05, 3.63) is 23.8 Å². The summed E-state index contributed by atoms with van der Waals surface area (Å²) in [5, 5.41) is 2.75. The van der Waals surface area contributed by atoms with Gasteiger partial charge in [-0.1, -0.05) is 0 Å². The largest absolute Gasteiger partial charge is 0.453 e. The number of ether oxygens (including phenoxy) is 1. The second-order valence-electron chi connectivity index (χ2n) is 4.71. The monoisotopic (exact) mass is 278 g/mol. The molecule has 0 saturated carbocycles. The highest BCUT2D eigenvalue weighted by Crippen LogP contribution is 2.27. The van der Waals surface area contributed by atoms with Crippen LogP contribution in [-0.4, -0.2) is 38.2 Å². The average Bonchev–Trinajstić information content (AvgIpc) is 2.87. The topological polar surface area (TPSA) is 111 Å². The zero-order valence-electron chi connectivity index (χ0n) is 11.3. The smallest absolute Gasteiger partial charge is 0.407 e. The minimum absolute atomic E-state index is 0.000848. The number of amides is 2. The second kappa shape index (κ2) is 5.68. The number of anilines is 2. The molecule has 0 spiro atoms. The maximum Gasteiger partial charge on any atom is 0.407 e. The molecule has 1 aromatic carbocycles. The van der Waals surface area contributed by atoms with Gasteiger partial charge in [0.15, 0.2) is 0 Å². The molecule has 0 aliphatic carbocycles. The van der Waals surface area contributed by atoms with Gasteiger partial charge in [0.2, 0.25) is 5.91 Å². The molecule has 5 N–H and O–H groups in total. The molecule has 1 aliphatic rings. The van der Waals surface area contributed by atoms with E-state index in [9.17, 15) is 9.59 Å². The Morgan fingerprint density at radius 2 is 2.20 bits per heavy atom. The van der Waals surface area contributed by atoms with Crippen LogP contribution in [0.1, 0.15) is 16.8 Å². The summed E-state index contributed by atoms with van der Waals surface area (Å²) >= 11 is 0. The van der Waals surface area contributed by atoms with E-state index in [-0.39, 0.29) is 6.04 Å². The lowest BCUT2D eigenvalue weighted by Gasteiger charge is -2.21. The van der Waals surface area contributed by atoms with E-state index < -0.39 is 12.0 Å². The van der Waals surface area contributed by atoms with E-state index in [1.165, 1.54) is 7.11 Å². The molecule has 7 nitrogen and oxygen atoms in total. The van der Waals surface area contributed by atoms with Crippen LogP contribution >= 0.6 is 0 Å². The Kier molecular flexibility index (Phi) is 3.97. The number of nitrogens with zero attached hydrogens (tertiary/aromatic N) is 1. The molecule has 1 aromatic rings. The summed E-state index contributed by atoms with van der Waals surface area (Å²) in [7, 11) is 1.33. The van der Waals surface area contributed by atoms with E-state index in [1.807, 2.05) is 4.90 Å². The highest BCUT2D eigenvalue weighted by Gasteiger charge is 2.25. The quantitative estimate of drug-likeness (QED) is 0.689. The van der Waals surface area contributed by atoms with Crippen molar-refractivity contribution < 1.29 is 14.3 Å². The number of hydrogen-bond donors (Lipinski definition) is 3. The summed E-state index contributed by atoms with van der Waals surface area (Å²) in [5.74, 6) is -0.491. The first-order valence-corrected chi connectivity index (χ1v) is 6.30. The molecule has 1 atom stereocenters. The van der Waals surface area contributed by atoms with E-state index in [1.54, 1.807) is 18.2 Å². The van der Waals surface area contributed by atoms with Crippen molar-refractivity contribution in [3.8, 4) is 0 Å². The van der Waals surface area contributed by atoms with Crippen LogP contribution in [0.25, 0.3) is 0 Å². The van der Waals surface area contributed by atoms with Gasteiger partial charge in [-0.25, -0.2) is 4.79 Å². The van der Waals surface area contributed by atoms with Crippen LogP contribution in [0.2, 0.25) is 0 Å². The van der Waals surface area contributed by atoms with Gasteiger partial charge in [-0.3, -0.25) is 4.79 Å². The third kappa shape index (κ3) is 2.93. The first kappa shape index (κ1) is 14.0. The SMILES string of the molecule is COC(=O)NC1CCN(c2cc(C(N)=O)ccc2N)C1. The first-order valence-electron chi connectivity index (χ1n) is 6.30. The molecule has 20 heavy (non-hydrogen) atoms. The zero-order valence-corrected chi connectivity index (χ0v) is 11.3. The van der Waals surface area contributed by atoms with Crippen molar-refractivity contribution in [2.45, 2.75) is 12.5 Å². The second-order valence-corrected chi connectivity index (χ2v) is 4.71. The number of primary amides is 1. The highest BCUT2D eigenvalue weighted by atomic mass is 16.5. The first-order chi connectivity index (χ1) is 9.51. The minimum atomic E-state index is -0.491. The molecule has 108 valence electrons. The normalized spacial score (nSPS) is 17.9. The Morgan fingerprint density at radius 1 is 1.45 bits per heavy atom. The van der Waals surface area contributed by atoms with Gasteiger partial charge >= 0.3 is 6.09 Å². The molecule has 1 saturated heterocycles. The van der Waals surface area contributed by atoms with Gasteiger partial charge in [-0.2, -0.15) is 0 Å². The maximum absolute atomic E-state index is 11.2. The van der Waals surface area contributed by atoms with Crippen molar-refractivity contribution in [2.24, 2.45) is 5.73 Å². The van der Waals surface area contributed by atoms with Gasteiger partial charge in [0, 0.05) is 18.7 Å². The number of hydrogen-bond acceptors (Lipinski definition) is 5. The third-order valence-corrected chi connectivity index (χ3v) is 3.35. The number of benzene rings is 1. The fourth-order valence-corrected chi connectivity index (χ4v) is 2.29. The van der Waals surface area contributed by atoms with E-state index >= 15 is 0 Å². The maximum atomic E-state index is 11.2. The highest BCUT2D eigenvalue weighted by molar-refractivity contribution is 5.95. The number of nitrogens with one attached hydrogen (secondary N) is 1. The Hall–Kier alpha value is -2.44. The van der Waals surface area contributed by atoms with E-state index in [4.69, 9.17) is 11.5 Å². The lowest BCUT2D eigenvalue weighted by Crippen LogP contribution is -2.37. The van der Waals surface area contributed by atoms with Crippen molar-refractivity contribution >= 4 is 23.4 Å². The van der Waals surface area contributed by atoms with Crippen molar-refractivity contribution in [3.63, 3.8) is 0 Å². The lowest BCUT2D eigenvalue weighted by molar-refractivity contribution is 0.1000. The molecular weight excluding hydrogens is 260 g/mol. The number of rotatable bonds is 3. The summed E-state index contributed by atoms with van der Waals surface area (Å²) in [6.07, 6.45) is 0.339. The molecule has 7 heteroatoms. The van der Waals surface area contributed by atoms with Crippen LogP contribution in [0.3, 0.4) is 0 Å². The van der Waals surface area contributed by atoms with Crippen molar-refractivity contribution in [1.82, 2.24) is 5.32 Å². The minimum Gasteiger partial charge on any atom is -0.453 e. The number of carbonyl (C=O) groups excluding carboxylic acids is 2. The van der Waals surface area contributed by atoms with E-state index in [0.717, 1.165) is 18.7 Å². The van der Waals surface area contributed by atoms with E-state index in [2.05, 4.69) is 10.1 Å². The molecule has 2 amide bonds. The summed E-state index contributed by atoms with van der Waals surface area (Å²) in [4.78, 5) is 24.4. The van der Waals surface area contributed by atoms with Crippen molar-refractivity contribution in [2.75, 3.05) is 30.8 Å². The predicted molar refractivity (Wildman–Crippen MR) is 75.5 cm³/mol. The van der Waals surface area contributed by atoms with Gasteiger partial charge in [0.1, 0.15) is 0 Å². The van der Waals surface area contributed by atoms with Gasteiger partial charge in [-0.05, 0) is 24.6 Å². The van der Waals surface area contributed by atoms with E-state index in [0.29, 0.717) is 17.8 Å². The average molecular weight is 278 g/mol. The van der Waals surface area contributed by atoms with Crippen LogP contribution in [-0.2, 0) is 4.74 Å². The van der Waals surface area contributed by atoms with Gasteiger partial charge < -0.3 is 26.4 Å². The molecular formula is C13H18N4O3. The molecule has 0 aromatic heterocycles. The molecule has 0 radical (unpaired) electrons. The molecule has 1 fully saturated rings. The number of methoxy groups -OCH3 is 1. The molecule has 0 bridgehead atoms. The third-order valence-electron chi connectivity index (χ3n) is 3.35. The number of carbonyl (C=O) groups is 2. The summed E-state index contributed by atoms with van der Waals surface area (Å²) < 4.78 is 4.57. The summed E-state index contributed by atoms with van der Waals surface area (Å²) in [5.41, 5.74) is 13.0. The zero-order chi connectivity index (χ0) is 14.7. The predicted octanol–water partition coefficient (Wildman–Crippen LogP) is 0.302. The van der Waals surface area contributed by atoms with Gasteiger partial charge in [0.25, 0.3) is 0 Å². The van der Waals surface area contributed by atoms with Gasteiger partial charge in [0.05, 0.1) is 24.5 Å². The fourth-order valence-electron chi connectivity index (χ4n) is 2.29. The summed E-state index contributed by atoms with van der Waals surface area (Å²) in [6, 6.07) is 4.94. The summed E-state index contributed by atoms with van der Waals surface area (Å²) in [6.45, 7) is 1.35. The Labute approximate surface area is 116 Å². The standard InChI is InChI=1S/C13H18N4O3/c1-20-13(19)16-9-4-5-17(7-9)11-6-8(12(15)18)2-3-10(11)14/h2-3,6,9H,4-5,7,14H2,1H3,(H2,15,18)(H,16,19). The Morgan fingerprint density at radius 3 is 2.85 bits per heavy atom. The van der Waals surface area contributed by atoms with Crippen LogP contribution < -0.4 is 21.7 Å². The van der Waals surface area contributed by atoms with Gasteiger partial charge in [-0.15, -0.1) is 0 Å². The number of nitrogens with two attached hydrogens (primary N) is 2. The van der Waals surface area contributed by atoms with Crippen LogP contribution in [0.15, 0.2) is 18.2 Å². The fraction of sp³-hybridized carbons (Fsp3) is 0.385. The molecule has 1 heterocycles. The van der Waals surface area contributed by atoms with Crippen LogP contribution in [0.5, 0.6) is 0 Å². The molecule has 1 aliphatic heterocycles. The Balaban J connectivity index is 2.11. The lowest BCUT2D eigenvalue weighted by atomic mass is 10.1. The van der Waals surface area contributed by atoms with Crippen LogP contribution in [0.4, 0.5) is 16.2 Å². The number of nitrogen functional groups attached to an aromatic ring is 1. The van der Waals surface area contributed by atoms with Crippen molar-refractivity contribution in [1.29, 1.82) is 0 Å².